The highest BCUT2D eigenvalue weighted by Crippen LogP contribution is 2.31. The molecule has 35 heavy (non-hydrogen) atoms. The molecule has 0 bridgehead atoms. The van der Waals surface area contributed by atoms with E-state index in [4.69, 9.17) is 4.74 Å². The van der Waals surface area contributed by atoms with Crippen LogP contribution in [-0.4, -0.2) is 29.4 Å². The lowest BCUT2D eigenvalue weighted by molar-refractivity contribution is -0.123. The van der Waals surface area contributed by atoms with Crippen LogP contribution in [0.25, 0.3) is 0 Å². The first kappa shape index (κ1) is 24.4. The SMILES string of the molecule is CCOc1ccc(C(C(=O)NC2CCCCC2)N(C(=O)c2ccccn2)c2cccc(F)c2)cc1. The molecule has 1 saturated carbocycles. The van der Waals surface area contributed by atoms with E-state index in [1.165, 1.54) is 29.3 Å². The summed E-state index contributed by atoms with van der Waals surface area (Å²) in [6, 6.07) is 16.8. The van der Waals surface area contributed by atoms with Crippen molar-refractivity contribution in [3.05, 3.63) is 90.0 Å². The zero-order valence-corrected chi connectivity index (χ0v) is 19.8. The molecule has 0 aliphatic heterocycles. The molecule has 1 heterocycles. The Morgan fingerprint density at radius 2 is 1.83 bits per heavy atom. The van der Waals surface area contributed by atoms with Gasteiger partial charge in [-0.3, -0.25) is 19.5 Å². The number of pyridine rings is 1. The normalized spacial score (nSPS) is 14.7. The minimum Gasteiger partial charge on any atom is -0.494 e. The van der Waals surface area contributed by atoms with Crippen LogP contribution in [0.3, 0.4) is 0 Å². The molecule has 4 rings (SSSR count). The maximum absolute atomic E-state index is 14.3. The van der Waals surface area contributed by atoms with Crippen LogP contribution in [0.15, 0.2) is 72.9 Å². The van der Waals surface area contributed by atoms with Gasteiger partial charge in [-0.2, -0.15) is 0 Å². The van der Waals surface area contributed by atoms with Gasteiger partial charge < -0.3 is 10.1 Å². The summed E-state index contributed by atoms with van der Waals surface area (Å²) >= 11 is 0. The number of rotatable bonds is 8. The third kappa shape index (κ3) is 6.04. The minimum atomic E-state index is -1.02. The molecule has 0 radical (unpaired) electrons. The molecule has 1 aliphatic carbocycles. The van der Waals surface area contributed by atoms with Crippen LogP contribution < -0.4 is 15.0 Å². The lowest BCUT2D eigenvalue weighted by Gasteiger charge is -2.33. The lowest BCUT2D eigenvalue weighted by atomic mass is 9.94. The molecule has 3 aromatic rings. The van der Waals surface area contributed by atoms with E-state index in [-0.39, 0.29) is 23.3 Å². The zero-order chi connectivity index (χ0) is 24.6. The number of ether oxygens (including phenoxy) is 1. The second-order valence-electron chi connectivity index (χ2n) is 8.62. The number of hydrogen-bond acceptors (Lipinski definition) is 4. The number of carbonyl (C=O) groups excluding carboxylic acids is 2. The van der Waals surface area contributed by atoms with Gasteiger partial charge in [0.1, 0.15) is 23.3 Å². The number of amides is 2. The van der Waals surface area contributed by atoms with Crippen molar-refractivity contribution in [2.45, 2.75) is 51.1 Å². The predicted octanol–water partition coefficient (Wildman–Crippen LogP) is 5.46. The van der Waals surface area contributed by atoms with Gasteiger partial charge in [-0.1, -0.05) is 43.5 Å². The monoisotopic (exact) mass is 475 g/mol. The molecule has 0 spiro atoms. The van der Waals surface area contributed by atoms with E-state index in [2.05, 4.69) is 10.3 Å². The molecule has 2 aromatic carbocycles. The Balaban J connectivity index is 1.79. The second kappa shape index (κ2) is 11.6. The van der Waals surface area contributed by atoms with Gasteiger partial charge in [0.15, 0.2) is 0 Å². The molecule has 1 N–H and O–H groups in total. The fourth-order valence-corrected chi connectivity index (χ4v) is 4.48. The van der Waals surface area contributed by atoms with Crippen molar-refractivity contribution in [3.8, 4) is 5.75 Å². The number of benzene rings is 2. The number of halogens is 1. The molecule has 0 saturated heterocycles. The molecule has 1 unspecified atom stereocenters. The minimum absolute atomic E-state index is 0.0424. The van der Waals surface area contributed by atoms with Gasteiger partial charge in [-0.05, 0) is 67.8 Å². The van der Waals surface area contributed by atoms with E-state index in [9.17, 15) is 14.0 Å². The van der Waals surface area contributed by atoms with E-state index in [1.54, 1.807) is 48.5 Å². The Kier molecular flexibility index (Phi) is 8.08. The van der Waals surface area contributed by atoms with Crippen molar-refractivity contribution in [1.82, 2.24) is 10.3 Å². The lowest BCUT2D eigenvalue weighted by Crippen LogP contribution is -2.47. The molecule has 2 amide bonds. The molecular formula is C28H30FN3O3. The quantitative estimate of drug-likeness (QED) is 0.470. The van der Waals surface area contributed by atoms with Crippen LogP contribution in [0.4, 0.5) is 10.1 Å². The summed E-state index contributed by atoms with van der Waals surface area (Å²) in [7, 11) is 0. The predicted molar refractivity (Wildman–Crippen MR) is 133 cm³/mol. The van der Waals surface area contributed by atoms with Crippen LogP contribution in [0.1, 0.15) is 61.1 Å². The fourth-order valence-electron chi connectivity index (χ4n) is 4.48. The highest BCUT2D eigenvalue weighted by atomic mass is 19.1. The van der Waals surface area contributed by atoms with Crippen molar-refractivity contribution in [2.24, 2.45) is 0 Å². The Morgan fingerprint density at radius 1 is 1.06 bits per heavy atom. The first-order chi connectivity index (χ1) is 17.1. The van der Waals surface area contributed by atoms with Crippen molar-refractivity contribution < 1.29 is 18.7 Å². The number of anilines is 1. The van der Waals surface area contributed by atoms with Crippen LogP contribution in [-0.2, 0) is 4.79 Å². The molecule has 182 valence electrons. The maximum atomic E-state index is 14.3. The van der Waals surface area contributed by atoms with Crippen LogP contribution in [0.5, 0.6) is 5.75 Å². The molecule has 7 heteroatoms. The molecular weight excluding hydrogens is 445 g/mol. The summed E-state index contributed by atoms with van der Waals surface area (Å²) in [6.07, 6.45) is 6.58. The van der Waals surface area contributed by atoms with Crippen molar-refractivity contribution in [3.63, 3.8) is 0 Å². The number of carbonyl (C=O) groups is 2. The van der Waals surface area contributed by atoms with Crippen molar-refractivity contribution >= 4 is 17.5 Å². The number of nitrogens with zero attached hydrogens (tertiary/aromatic N) is 2. The highest BCUT2D eigenvalue weighted by Gasteiger charge is 2.35. The molecule has 1 fully saturated rings. The summed E-state index contributed by atoms with van der Waals surface area (Å²) in [6.45, 7) is 2.41. The van der Waals surface area contributed by atoms with E-state index in [0.717, 1.165) is 32.1 Å². The Hall–Kier alpha value is -3.74. The van der Waals surface area contributed by atoms with Gasteiger partial charge in [0.05, 0.1) is 6.61 Å². The molecule has 6 nitrogen and oxygen atoms in total. The van der Waals surface area contributed by atoms with Gasteiger partial charge in [-0.25, -0.2) is 4.39 Å². The molecule has 1 aliphatic rings. The third-order valence-electron chi connectivity index (χ3n) is 6.15. The zero-order valence-electron chi connectivity index (χ0n) is 19.8. The first-order valence-electron chi connectivity index (χ1n) is 12.1. The Morgan fingerprint density at radius 3 is 2.49 bits per heavy atom. The summed E-state index contributed by atoms with van der Waals surface area (Å²) < 4.78 is 19.9. The maximum Gasteiger partial charge on any atom is 0.277 e. The average molecular weight is 476 g/mol. The summed E-state index contributed by atoms with van der Waals surface area (Å²) in [4.78, 5) is 33.1. The van der Waals surface area contributed by atoms with Gasteiger partial charge in [0, 0.05) is 17.9 Å². The third-order valence-corrected chi connectivity index (χ3v) is 6.15. The van der Waals surface area contributed by atoms with Crippen LogP contribution >= 0.6 is 0 Å². The smallest absolute Gasteiger partial charge is 0.277 e. The fraction of sp³-hybridized carbons (Fsp3) is 0.321. The average Bonchev–Trinajstić information content (AvgIpc) is 2.89. The van der Waals surface area contributed by atoms with E-state index in [0.29, 0.717) is 17.9 Å². The van der Waals surface area contributed by atoms with Gasteiger partial charge in [-0.15, -0.1) is 0 Å². The topological polar surface area (TPSA) is 71.5 Å². The number of aromatic nitrogens is 1. The second-order valence-corrected chi connectivity index (χ2v) is 8.62. The van der Waals surface area contributed by atoms with Crippen LogP contribution in [0, 0.1) is 5.82 Å². The molecule has 1 aromatic heterocycles. The largest absolute Gasteiger partial charge is 0.494 e. The Labute approximate surface area is 205 Å². The Bertz CT molecular complexity index is 1130. The summed E-state index contributed by atoms with van der Waals surface area (Å²) in [5, 5.41) is 3.15. The van der Waals surface area contributed by atoms with E-state index in [1.807, 2.05) is 6.92 Å². The van der Waals surface area contributed by atoms with E-state index >= 15 is 0 Å². The summed E-state index contributed by atoms with van der Waals surface area (Å²) in [5.41, 5.74) is 1.03. The molecule has 1 atom stereocenters. The summed E-state index contributed by atoms with van der Waals surface area (Å²) in [5.74, 6) is -0.640. The van der Waals surface area contributed by atoms with Gasteiger partial charge >= 0.3 is 0 Å². The highest BCUT2D eigenvalue weighted by molar-refractivity contribution is 6.09. The van der Waals surface area contributed by atoms with Crippen LogP contribution in [0.2, 0.25) is 0 Å². The van der Waals surface area contributed by atoms with E-state index < -0.39 is 17.8 Å². The first-order valence-corrected chi connectivity index (χ1v) is 12.1. The van der Waals surface area contributed by atoms with Gasteiger partial charge in [0.25, 0.3) is 5.91 Å². The standard InChI is InChI=1S/C28H30FN3O3/c1-2-35-24-16-14-20(15-17-24)26(27(33)31-22-10-4-3-5-11-22)32(23-12-8-9-21(29)19-23)28(34)25-13-6-7-18-30-25/h6-9,12-19,22,26H,2-5,10-11H2,1H3,(H,31,33). The van der Waals surface area contributed by atoms with Gasteiger partial charge in [0.2, 0.25) is 5.91 Å². The number of hydrogen-bond donors (Lipinski definition) is 1. The van der Waals surface area contributed by atoms with Crippen molar-refractivity contribution in [2.75, 3.05) is 11.5 Å². The number of nitrogens with one attached hydrogen (secondary N) is 1. The van der Waals surface area contributed by atoms with Crippen molar-refractivity contribution in [1.29, 1.82) is 0 Å².